The van der Waals surface area contributed by atoms with Crippen molar-refractivity contribution in [2.45, 2.75) is 12.1 Å². The van der Waals surface area contributed by atoms with Crippen LogP contribution in [0.4, 0.5) is 0 Å². The lowest BCUT2D eigenvalue weighted by Crippen LogP contribution is -2.14. The Morgan fingerprint density at radius 2 is 2.00 bits per heavy atom. The molecule has 0 unspecified atom stereocenters. The van der Waals surface area contributed by atoms with Gasteiger partial charge < -0.3 is 0 Å². The van der Waals surface area contributed by atoms with Crippen LogP contribution in [0.15, 0.2) is 34.2 Å². The van der Waals surface area contributed by atoms with Gasteiger partial charge in [0.25, 0.3) is 5.56 Å². The standard InChI is InChI=1S/C13H12ClN3OS/c1-2-19-13-15-12(18)11(16-17-13)8-5-9-3-6-10(14)7-4-9/h3-8H,2H2,1H3,(H,15,17,18)/b8-5-. The number of hydrogen-bond acceptors (Lipinski definition) is 4. The van der Waals surface area contributed by atoms with Gasteiger partial charge in [0.05, 0.1) is 0 Å². The monoisotopic (exact) mass is 293 g/mol. The first-order valence-electron chi connectivity index (χ1n) is 5.72. The van der Waals surface area contributed by atoms with Gasteiger partial charge in [-0.1, -0.05) is 48.5 Å². The number of hydrogen-bond donors (Lipinski definition) is 1. The number of H-pyrrole nitrogens is 1. The number of nitrogens with zero attached hydrogens (tertiary/aromatic N) is 2. The van der Waals surface area contributed by atoms with Gasteiger partial charge in [-0.3, -0.25) is 9.78 Å². The molecule has 0 radical (unpaired) electrons. The Morgan fingerprint density at radius 1 is 1.26 bits per heavy atom. The maximum atomic E-state index is 11.7. The summed E-state index contributed by atoms with van der Waals surface area (Å²) >= 11 is 7.24. The van der Waals surface area contributed by atoms with Crippen molar-refractivity contribution in [2.75, 3.05) is 5.75 Å². The second-order valence-electron chi connectivity index (χ2n) is 3.66. The summed E-state index contributed by atoms with van der Waals surface area (Å²) in [6.07, 6.45) is 3.43. The van der Waals surface area contributed by atoms with E-state index in [1.54, 1.807) is 24.3 Å². The van der Waals surface area contributed by atoms with Crippen LogP contribution in [0.2, 0.25) is 5.02 Å². The summed E-state index contributed by atoms with van der Waals surface area (Å²) < 4.78 is 0. The average molecular weight is 294 g/mol. The average Bonchev–Trinajstić information content (AvgIpc) is 2.40. The highest BCUT2D eigenvalue weighted by Gasteiger charge is 2.01. The molecule has 0 atom stereocenters. The van der Waals surface area contributed by atoms with Crippen molar-refractivity contribution in [3.63, 3.8) is 0 Å². The number of aromatic nitrogens is 3. The number of aromatic amines is 1. The lowest BCUT2D eigenvalue weighted by Gasteiger charge is -1.97. The topological polar surface area (TPSA) is 58.6 Å². The molecule has 1 N–H and O–H groups in total. The largest absolute Gasteiger partial charge is 0.298 e. The molecule has 6 heteroatoms. The third kappa shape index (κ3) is 3.94. The number of thioether (sulfide) groups is 1. The second-order valence-corrected chi connectivity index (χ2v) is 5.35. The lowest BCUT2D eigenvalue weighted by atomic mass is 10.2. The van der Waals surface area contributed by atoms with Crippen LogP contribution in [0.5, 0.6) is 0 Å². The minimum atomic E-state index is -0.240. The summed E-state index contributed by atoms with van der Waals surface area (Å²) in [5.74, 6) is 0.838. The fraction of sp³-hybridized carbons (Fsp3) is 0.154. The normalized spacial score (nSPS) is 11.1. The van der Waals surface area contributed by atoms with Crippen molar-refractivity contribution in [2.24, 2.45) is 0 Å². The van der Waals surface area contributed by atoms with Crippen LogP contribution < -0.4 is 5.56 Å². The van der Waals surface area contributed by atoms with E-state index in [-0.39, 0.29) is 11.3 Å². The molecule has 0 aliphatic heterocycles. The van der Waals surface area contributed by atoms with Gasteiger partial charge in [0, 0.05) is 5.02 Å². The second kappa shape index (κ2) is 6.54. The molecule has 1 aromatic heterocycles. The zero-order valence-electron chi connectivity index (χ0n) is 10.3. The van der Waals surface area contributed by atoms with E-state index in [0.29, 0.717) is 10.2 Å². The van der Waals surface area contributed by atoms with Gasteiger partial charge in [0.2, 0.25) is 0 Å². The Kier molecular flexibility index (Phi) is 4.76. The van der Waals surface area contributed by atoms with Gasteiger partial charge >= 0.3 is 0 Å². The molecule has 2 aromatic rings. The zero-order chi connectivity index (χ0) is 13.7. The third-order valence-corrected chi connectivity index (χ3v) is 3.28. The molecular formula is C13H12ClN3OS. The van der Waals surface area contributed by atoms with Gasteiger partial charge in [-0.15, -0.1) is 10.2 Å². The Bertz CT molecular complexity index is 637. The summed E-state index contributed by atoms with van der Waals surface area (Å²) in [4.78, 5) is 14.4. The summed E-state index contributed by atoms with van der Waals surface area (Å²) in [5, 5.41) is 9.06. The Hall–Kier alpha value is -1.59. The number of benzene rings is 1. The SMILES string of the molecule is CCSc1nnc(/C=C\c2ccc(Cl)cc2)c(=O)[nH]1. The number of rotatable bonds is 4. The predicted octanol–water partition coefficient (Wildman–Crippen LogP) is 3.10. The number of halogens is 1. The lowest BCUT2D eigenvalue weighted by molar-refractivity contribution is 0.810. The van der Waals surface area contributed by atoms with Crippen LogP contribution >= 0.6 is 23.4 Å². The summed E-state index contributed by atoms with van der Waals surface area (Å²) in [6.45, 7) is 1.99. The minimum Gasteiger partial charge on any atom is -0.298 e. The first-order valence-corrected chi connectivity index (χ1v) is 7.09. The van der Waals surface area contributed by atoms with Crippen molar-refractivity contribution in [1.29, 1.82) is 0 Å². The van der Waals surface area contributed by atoms with Crippen molar-refractivity contribution >= 4 is 35.5 Å². The maximum absolute atomic E-state index is 11.7. The van der Waals surface area contributed by atoms with E-state index < -0.39 is 0 Å². The van der Waals surface area contributed by atoms with E-state index in [1.165, 1.54) is 11.8 Å². The van der Waals surface area contributed by atoms with E-state index in [1.807, 2.05) is 19.1 Å². The third-order valence-electron chi connectivity index (χ3n) is 2.29. The zero-order valence-corrected chi connectivity index (χ0v) is 11.8. The maximum Gasteiger partial charge on any atom is 0.277 e. The van der Waals surface area contributed by atoms with E-state index in [9.17, 15) is 4.79 Å². The van der Waals surface area contributed by atoms with Gasteiger partial charge in [0.15, 0.2) is 10.9 Å². The number of nitrogens with one attached hydrogen (secondary N) is 1. The fourth-order valence-corrected chi connectivity index (χ4v) is 2.05. The van der Waals surface area contributed by atoms with Gasteiger partial charge in [-0.25, -0.2) is 0 Å². The van der Waals surface area contributed by atoms with Crippen molar-refractivity contribution in [3.8, 4) is 0 Å². The molecule has 0 amide bonds. The van der Waals surface area contributed by atoms with Crippen LogP contribution in [0.3, 0.4) is 0 Å². The van der Waals surface area contributed by atoms with Gasteiger partial charge in [-0.05, 0) is 29.5 Å². The van der Waals surface area contributed by atoms with Crippen LogP contribution in [-0.4, -0.2) is 20.9 Å². The predicted molar refractivity (Wildman–Crippen MR) is 79.4 cm³/mol. The minimum absolute atomic E-state index is 0.240. The smallest absolute Gasteiger partial charge is 0.277 e. The van der Waals surface area contributed by atoms with E-state index in [0.717, 1.165) is 11.3 Å². The highest BCUT2D eigenvalue weighted by Crippen LogP contribution is 2.12. The molecular weight excluding hydrogens is 282 g/mol. The molecule has 0 fully saturated rings. The van der Waals surface area contributed by atoms with Crippen LogP contribution in [0, 0.1) is 0 Å². The van der Waals surface area contributed by atoms with E-state index in [4.69, 9.17) is 11.6 Å². The Balaban J connectivity index is 2.19. The van der Waals surface area contributed by atoms with E-state index >= 15 is 0 Å². The summed E-state index contributed by atoms with van der Waals surface area (Å²) in [7, 11) is 0. The van der Waals surface area contributed by atoms with Crippen LogP contribution in [0.1, 0.15) is 18.2 Å². The molecule has 0 saturated carbocycles. The first-order chi connectivity index (χ1) is 9.19. The molecule has 0 saturated heterocycles. The molecule has 19 heavy (non-hydrogen) atoms. The molecule has 98 valence electrons. The van der Waals surface area contributed by atoms with Crippen LogP contribution in [-0.2, 0) is 0 Å². The molecule has 1 heterocycles. The highest BCUT2D eigenvalue weighted by atomic mass is 35.5. The Labute approximate surface area is 119 Å². The van der Waals surface area contributed by atoms with Crippen molar-refractivity contribution in [1.82, 2.24) is 15.2 Å². The molecule has 2 rings (SSSR count). The van der Waals surface area contributed by atoms with Gasteiger partial charge in [-0.2, -0.15) is 0 Å². The molecule has 0 spiro atoms. The van der Waals surface area contributed by atoms with Crippen LogP contribution in [0.25, 0.3) is 12.2 Å². The molecule has 0 aliphatic carbocycles. The van der Waals surface area contributed by atoms with Crippen molar-refractivity contribution in [3.05, 3.63) is 50.9 Å². The summed E-state index contributed by atoms with van der Waals surface area (Å²) in [6, 6.07) is 7.31. The van der Waals surface area contributed by atoms with Gasteiger partial charge in [0.1, 0.15) is 0 Å². The summed E-state index contributed by atoms with van der Waals surface area (Å²) in [5.41, 5.74) is 0.990. The fourth-order valence-electron chi connectivity index (χ4n) is 1.39. The molecule has 4 nitrogen and oxygen atoms in total. The molecule has 0 aliphatic rings. The van der Waals surface area contributed by atoms with Crippen molar-refractivity contribution < 1.29 is 0 Å². The molecule has 0 bridgehead atoms. The first kappa shape index (κ1) is 13.8. The quantitative estimate of drug-likeness (QED) is 0.880. The Morgan fingerprint density at radius 3 is 2.63 bits per heavy atom. The highest BCUT2D eigenvalue weighted by molar-refractivity contribution is 7.99. The molecule has 1 aromatic carbocycles. The van der Waals surface area contributed by atoms with E-state index in [2.05, 4.69) is 15.2 Å².